The molecule has 0 heterocycles. The van der Waals surface area contributed by atoms with Gasteiger partial charge < -0.3 is 21.4 Å². The normalized spacial score (nSPS) is 12.3. The number of rotatable bonds is 4. The zero-order valence-electron chi connectivity index (χ0n) is 15.0. The maximum absolute atomic E-state index is 12.6. The standard InChI is InChI=1S/C13H6N2O11S2.2H3N/c16-13-7-1-5(27(21,22)23)3-9(14(17)18)11(7)12-8(13)2-6(28(24,25)26)4-10(12)15(19)20;;/h1-4H,(H,21,22,23)(H,24,25,26);2*1H3. The van der Waals surface area contributed by atoms with Crippen LogP contribution in [0.25, 0.3) is 11.1 Å². The van der Waals surface area contributed by atoms with Crippen LogP contribution in [0.1, 0.15) is 15.9 Å². The molecule has 0 saturated carbocycles. The molecule has 0 fully saturated rings. The summed E-state index contributed by atoms with van der Waals surface area (Å²) < 4.78 is 67.4. The summed E-state index contributed by atoms with van der Waals surface area (Å²) in [5.41, 5.74) is -4.91. The van der Waals surface area contributed by atoms with Gasteiger partial charge in [-0.3, -0.25) is 25.0 Å². The first kappa shape index (κ1) is 24.7. The number of hydrogen-bond donors (Lipinski definition) is 2. The Hall–Kier alpha value is -3.35. The van der Waals surface area contributed by atoms with Crippen LogP contribution < -0.4 is 12.3 Å². The molecule has 0 atom stereocenters. The lowest BCUT2D eigenvalue weighted by molar-refractivity contribution is -0.386. The van der Waals surface area contributed by atoms with Crippen molar-refractivity contribution >= 4 is 37.4 Å². The molecule has 1 aliphatic carbocycles. The summed E-state index contributed by atoms with van der Waals surface area (Å²) in [6, 6.07) is 1.68. The van der Waals surface area contributed by atoms with Crippen molar-refractivity contribution in [1.29, 1.82) is 0 Å². The highest BCUT2D eigenvalue weighted by atomic mass is 32.2. The van der Waals surface area contributed by atoms with Crippen LogP contribution >= 0.6 is 0 Å². The molecule has 0 unspecified atom stereocenters. The highest BCUT2D eigenvalue weighted by Gasteiger charge is 2.40. The SMILES string of the molecule is O=C1c2cc(S(=O)(=O)[O-])cc([N+](=O)[O-])c2-c2c1cc(S(=O)(=O)[O-])cc2[N+](=O)[O-].[NH4+].[NH4+]. The Labute approximate surface area is 167 Å². The predicted octanol–water partition coefficient (Wildman–Crippen LogP) is 1.27. The van der Waals surface area contributed by atoms with E-state index in [2.05, 4.69) is 0 Å². The number of hydrogen-bond acceptors (Lipinski definition) is 11. The van der Waals surface area contributed by atoms with Gasteiger partial charge in [-0.05, 0) is 12.1 Å². The minimum absolute atomic E-state index is 0. The molecule has 0 radical (unpaired) electrons. The minimum atomic E-state index is -5.24. The molecule has 15 nitrogen and oxygen atoms in total. The Morgan fingerprint density at radius 1 is 0.667 bits per heavy atom. The fourth-order valence-electron chi connectivity index (χ4n) is 2.81. The fourth-order valence-corrected chi connectivity index (χ4v) is 3.84. The van der Waals surface area contributed by atoms with Gasteiger partial charge >= 0.3 is 0 Å². The van der Waals surface area contributed by atoms with Gasteiger partial charge in [-0.2, -0.15) is 0 Å². The van der Waals surface area contributed by atoms with Crippen molar-refractivity contribution in [2.24, 2.45) is 0 Å². The van der Waals surface area contributed by atoms with Gasteiger partial charge in [0.05, 0.1) is 30.8 Å². The molecule has 162 valence electrons. The Balaban J connectivity index is 0.00000225. The quantitative estimate of drug-likeness (QED) is 0.314. The van der Waals surface area contributed by atoms with Gasteiger partial charge in [0.2, 0.25) is 0 Å². The molecular weight excluding hydrogens is 452 g/mol. The van der Waals surface area contributed by atoms with E-state index in [1.807, 2.05) is 0 Å². The number of carbonyl (C=O) groups is 1. The third-order valence-corrected chi connectivity index (χ3v) is 5.52. The number of ketones is 1. The van der Waals surface area contributed by atoms with E-state index in [4.69, 9.17) is 0 Å². The van der Waals surface area contributed by atoms with Crippen LogP contribution in [0.5, 0.6) is 0 Å². The average Bonchev–Trinajstić information content (AvgIpc) is 2.84. The second kappa shape index (κ2) is 7.48. The number of nitro groups is 2. The van der Waals surface area contributed by atoms with Crippen LogP contribution in [0.2, 0.25) is 0 Å². The van der Waals surface area contributed by atoms with Crippen molar-refractivity contribution < 1.29 is 40.6 Å². The molecule has 3 rings (SSSR count). The first-order chi connectivity index (χ1) is 12.7. The highest BCUT2D eigenvalue weighted by molar-refractivity contribution is 7.86. The number of quaternary nitrogens is 2. The molecule has 2 aromatic rings. The molecule has 0 aromatic heterocycles. The summed E-state index contributed by atoms with van der Waals surface area (Å²) in [6.07, 6.45) is 0. The molecule has 2 aromatic carbocycles. The van der Waals surface area contributed by atoms with E-state index in [9.17, 15) is 51.0 Å². The van der Waals surface area contributed by atoms with Gasteiger partial charge in [-0.1, -0.05) is 0 Å². The van der Waals surface area contributed by atoms with Crippen LogP contribution in [0.15, 0.2) is 34.1 Å². The van der Waals surface area contributed by atoms with Gasteiger partial charge in [-0.15, -0.1) is 0 Å². The average molecular weight is 464 g/mol. The third-order valence-electron chi connectivity index (χ3n) is 3.89. The van der Waals surface area contributed by atoms with Crippen molar-refractivity contribution in [3.8, 4) is 11.1 Å². The molecule has 0 bridgehead atoms. The second-order valence-corrected chi connectivity index (χ2v) is 8.24. The van der Waals surface area contributed by atoms with E-state index in [-0.39, 0.29) is 12.3 Å². The molecule has 0 spiro atoms. The first-order valence-corrected chi connectivity index (χ1v) is 9.67. The third kappa shape index (κ3) is 3.75. The van der Waals surface area contributed by atoms with E-state index >= 15 is 0 Å². The van der Waals surface area contributed by atoms with E-state index in [1.165, 1.54) is 0 Å². The molecule has 0 aliphatic heterocycles. The number of benzene rings is 2. The molecule has 30 heavy (non-hydrogen) atoms. The zero-order valence-corrected chi connectivity index (χ0v) is 16.6. The van der Waals surface area contributed by atoms with Crippen molar-refractivity contribution in [1.82, 2.24) is 12.3 Å². The molecule has 0 saturated heterocycles. The van der Waals surface area contributed by atoms with Gasteiger partial charge in [0.25, 0.3) is 11.4 Å². The molecule has 8 N–H and O–H groups in total. The monoisotopic (exact) mass is 464 g/mol. The van der Waals surface area contributed by atoms with E-state index < -0.39 is 79.3 Å². The van der Waals surface area contributed by atoms with Gasteiger partial charge in [0.1, 0.15) is 20.2 Å². The highest BCUT2D eigenvalue weighted by Crippen LogP contribution is 2.48. The Bertz CT molecular complexity index is 1230. The second-order valence-electron chi connectivity index (χ2n) is 5.48. The van der Waals surface area contributed by atoms with Crippen molar-refractivity contribution in [3.05, 3.63) is 55.6 Å². The predicted molar refractivity (Wildman–Crippen MR) is 96.5 cm³/mol. The van der Waals surface area contributed by atoms with Crippen LogP contribution in [-0.2, 0) is 20.2 Å². The maximum atomic E-state index is 12.6. The summed E-state index contributed by atoms with van der Waals surface area (Å²) in [7, 11) is -10.5. The van der Waals surface area contributed by atoms with Crippen molar-refractivity contribution in [2.45, 2.75) is 9.79 Å². The van der Waals surface area contributed by atoms with Crippen LogP contribution in [-0.4, -0.2) is 41.6 Å². The fraction of sp³-hybridized carbons (Fsp3) is 0. The molecule has 0 amide bonds. The molecular formula is C13H12N4O11S2. The minimum Gasteiger partial charge on any atom is -0.744 e. The Kier molecular flexibility index (Phi) is 6.15. The van der Waals surface area contributed by atoms with E-state index in [1.54, 1.807) is 0 Å². The summed E-state index contributed by atoms with van der Waals surface area (Å²) >= 11 is 0. The van der Waals surface area contributed by atoms with Crippen molar-refractivity contribution in [3.63, 3.8) is 0 Å². The van der Waals surface area contributed by atoms with E-state index in [0.717, 1.165) is 0 Å². The lowest BCUT2D eigenvalue weighted by atomic mass is 10.0. The summed E-state index contributed by atoms with van der Waals surface area (Å²) in [5, 5.41) is 22.7. The lowest BCUT2D eigenvalue weighted by Gasteiger charge is -2.10. The van der Waals surface area contributed by atoms with Gasteiger partial charge in [0.15, 0.2) is 5.78 Å². The smallest absolute Gasteiger partial charge is 0.279 e. The number of nitro benzene ring substituents is 2. The Morgan fingerprint density at radius 3 is 1.20 bits per heavy atom. The topological polar surface area (TPSA) is 291 Å². The number of carbonyl (C=O) groups excluding carboxylic acids is 1. The van der Waals surface area contributed by atoms with Gasteiger partial charge in [0, 0.05) is 23.3 Å². The largest absolute Gasteiger partial charge is 0.744 e. The molecule has 1 aliphatic rings. The van der Waals surface area contributed by atoms with Crippen LogP contribution in [0.3, 0.4) is 0 Å². The Morgan fingerprint density at radius 2 is 0.967 bits per heavy atom. The van der Waals surface area contributed by atoms with Crippen LogP contribution in [0, 0.1) is 20.2 Å². The van der Waals surface area contributed by atoms with Gasteiger partial charge in [-0.25, -0.2) is 16.8 Å². The zero-order chi connectivity index (χ0) is 21.2. The first-order valence-electron chi connectivity index (χ1n) is 6.85. The number of fused-ring (bicyclic) bond motifs is 3. The molecule has 17 heteroatoms. The van der Waals surface area contributed by atoms with E-state index in [0.29, 0.717) is 24.3 Å². The maximum Gasteiger partial charge on any atom is 0.279 e. The van der Waals surface area contributed by atoms with Crippen LogP contribution in [0.4, 0.5) is 11.4 Å². The summed E-state index contributed by atoms with van der Waals surface area (Å²) in [5.74, 6) is -1.22. The lowest BCUT2D eigenvalue weighted by Crippen LogP contribution is -2.04. The van der Waals surface area contributed by atoms with Crippen molar-refractivity contribution in [2.75, 3.05) is 0 Å². The number of nitrogens with zero attached hydrogens (tertiary/aromatic N) is 2. The summed E-state index contributed by atoms with van der Waals surface area (Å²) in [4.78, 5) is 30.7. The summed E-state index contributed by atoms with van der Waals surface area (Å²) in [6.45, 7) is 0.